The summed E-state index contributed by atoms with van der Waals surface area (Å²) in [6.45, 7) is 6.29. The van der Waals surface area contributed by atoms with Gasteiger partial charge in [0, 0.05) is 12.0 Å². The summed E-state index contributed by atoms with van der Waals surface area (Å²) < 4.78 is 5.30. The van der Waals surface area contributed by atoms with Gasteiger partial charge < -0.3 is 9.73 Å². The molecule has 0 bridgehead atoms. The minimum Gasteiger partial charge on any atom is -0.458 e. The number of hydrogen-bond acceptors (Lipinski definition) is 3. The summed E-state index contributed by atoms with van der Waals surface area (Å²) in [5.74, 6) is 1.26. The highest BCUT2D eigenvalue weighted by molar-refractivity contribution is 5.97. The Hall–Kier alpha value is -1.09. The van der Waals surface area contributed by atoms with E-state index in [1.54, 1.807) is 6.07 Å². The maximum atomic E-state index is 11.9. The van der Waals surface area contributed by atoms with Crippen LogP contribution in [0.4, 0.5) is 0 Å². The molecule has 0 aliphatic rings. The van der Waals surface area contributed by atoms with Crippen molar-refractivity contribution in [2.45, 2.75) is 20.8 Å². The average molecular weight is 195 g/mol. The lowest BCUT2D eigenvalue weighted by atomic mass is 9.87. The van der Waals surface area contributed by atoms with Gasteiger partial charge >= 0.3 is 0 Å². The van der Waals surface area contributed by atoms with E-state index in [1.807, 2.05) is 33.9 Å². The lowest BCUT2D eigenvalue weighted by Crippen LogP contribution is -2.34. The van der Waals surface area contributed by atoms with E-state index in [0.717, 1.165) is 5.76 Å². The van der Waals surface area contributed by atoms with Crippen LogP contribution in [-0.2, 0) is 0 Å². The maximum absolute atomic E-state index is 11.9. The van der Waals surface area contributed by atoms with Gasteiger partial charge in [0.1, 0.15) is 5.76 Å². The maximum Gasteiger partial charge on any atom is 0.204 e. The van der Waals surface area contributed by atoms with Crippen molar-refractivity contribution in [1.29, 1.82) is 0 Å². The SMILES string of the molecule is CNCC(C)(C)C(=O)c1ccc(C)o1. The average Bonchev–Trinajstić information content (AvgIpc) is 2.50. The summed E-state index contributed by atoms with van der Waals surface area (Å²) in [6.07, 6.45) is 0. The largest absolute Gasteiger partial charge is 0.458 e. The highest BCUT2D eigenvalue weighted by Crippen LogP contribution is 2.22. The Morgan fingerprint density at radius 1 is 1.50 bits per heavy atom. The molecule has 0 unspecified atom stereocenters. The minimum absolute atomic E-state index is 0.0416. The van der Waals surface area contributed by atoms with Gasteiger partial charge in [-0.3, -0.25) is 4.79 Å². The van der Waals surface area contributed by atoms with E-state index in [1.165, 1.54) is 0 Å². The fourth-order valence-corrected chi connectivity index (χ4v) is 1.41. The zero-order chi connectivity index (χ0) is 10.8. The summed E-state index contributed by atoms with van der Waals surface area (Å²) in [6, 6.07) is 3.54. The summed E-state index contributed by atoms with van der Waals surface area (Å²) in [7, 11) is 1.84. The molecule has 0 aliphatic heterocycles. The Morgan fingerprint density at radius 2 is 2.14 bits per heavy atom. The Bertz CT molecular complexity index is 326. The van der Waals surface area contributed by atoms with Gasteiger partial charge in [-0.1, -0.05) is 13.8 Å². The van der Waals surface area contributed by atoms with Gasteiger partial charge in [0.15, 0.2) is 5.76 Å². The first-order chi connectivity index (χ1) is 6.47. The molecule has 1 aromatic rings. The summed E-state index contributed by atoms with van der Waals surface area (Å²) in [4.78, 5) is 11.9. The Kier molecular flexibility index (Phi) is 3.11. The van der Waals surface area contributed by atoms with Crippen LogP contribution in [0.25, 0.3) is 0 Å². The monoisotopic (exact) mass is 195 g/mol. The second-order valence-electron chi connectivity index (χ2n) is 4.15. The summed E-state index contributed by atoms with van der Waals surface area (Å²) >= 11 is 0. The van der Waals surface area contributed by atoms with Crippen molar-refractivity contribution in [2.75, 3.05) is 13.6 Å². The zero-order valence-corrected chi connectivity index (χ0v) is 9.18. The number of Topliss-reactive ketones (excluding diaryl/α,β-unsaturated/α-hetero) is 1. The molecule has 0 aromatic carbocycles. The molecule has 3 heteroatoms. The Morgan fingerprint density at radius 3 is 2.57 bits per heavy atom. The van der Waals surface area contributed by atoms with Crippen LogP contribution in [0.1, 0.15) is 30.2 Å². The van der Waals surface area contributed by atoms with Gasteiger partial charge in [0.2, 0.25) is 5.78 Å². The first-order valence-electron chi connectivity index (χ1n) is 4.73. The van der Waals surface area contributed by atoms with E-state index in [0.29, 0.717) is 12.3 Å². The molecule has 0 aliphatic carbocycles. The van der Waals surface area contributed by atoms with Gasteiger partial charge in [-0.15, -0.1) is 0 Å². The molecular formula is C11H17NO2. The number of furan rings is 1. The molecule has 0 fully saturated rings. The van der Waals surface area contributed by atoms with E-state index in [9.17, 15) is 4.79 Å². The molecule has 3 nitrogen and oxygen atoms in total. The second kappa shape index (κ2) is 3.96. The Balaban J connectivity index is 2.84. The standard InChI is InChI=1S/C11H17NO2/c1-8-5-6-9(14-8)10(13)11(2,3)7-12-4/h5-6,12H,7H2,1-4H3. The third kappa shape index (κ3) is 2.23. The molecule has 0 atom stereocenters. The van der Waals surface area contributed by atoms with Crippen LogP contribution >= 0.6 is 0 Å². The molecule has 1 rings (SSSR count). The highest BCUT2D eigenvalue weighted by Gasteiger charge is 2.29. The molecule has 1 heterocycles. The molecule has 1 N–H and O–H groups in total. The van der Waals surface area contributed by atoms with Gasteiger partial charge in [-0.2, -0.15) is 0 Å². The quantitative estimate of drug-likeness (QED) is 0.747. The van der Waals surface area contributed by atoms with Crippen molar-refractivity contribution in [3.63, 3.8) is 0 Å². The third-order valence-corrected chi connectivity index (χ3v) is 2.20. The molecule has 0 amide bonds. The number of rotatable bonds is 4. The molecule has 0 saturated carbocycles. The van der Waals surface area contributed by atoms with E-state index in [4.69, 9.17) is 4.42 Å². The number of hydrogen-bond donors (Lipinski definition) is 1. The first-order valence-corrected chi connectivity index (χ1v) is 4.73. The van der Waals surface area contributed by atoms with Crippen LogP contribution in [0.3, 0.4) is 0 Å². The molecule has 0 radical (unpaired) electrons. The zero-order valence-electron chi connectivity index (χ0n) is 9.18. The van der Waals surface area contributed by atoms with Gasteiger partial charge in [-0.05, 0) is 26.1 Å². The molecule has 0 saturated heterocycles. The molecule has 1 aromatic heterocycles. The number of aryl methyl sites for hydroxylation is 1. The molecular weight excluding hydrogens is 178 g/mol. The van der Waals surface area contributed by atoms with E-state index in [2.05, 4.69) is 5.32 Å². The van der Waals surface area contributed by atoms with Crippen molar-refractivity contribution in [3.8, 4) is 0 Å². The van der Waals surface area contributed by atoms with E-state index < -0.39 is 5.41 Å². The van der Waals surface area contributed by atoms with Crippen LogP contribution < -0.4 is 5.32 Å². The fraction of sp³-hybridized carbons (Fsp3) is 0.545. The number of nitrogens with one attached hydrogen (secondary N) is 1. The van der Waals surface area contributed by atoms with Crippen LogP contribution in [-0.4, -0.2) is 19.4 Å². The topological polar surface area (TPSA) is 42.2 Å². The van der Waals surface area contributed by atoms with E-state index in [-0.39, 0.29) is 5.78 Å². The number of carbonyl (C=O) groups is 1. The molecule has 0 spiro atoms. The lowest BCUT2D eigenvalue weighted by Gasteiger charge is -2.20. The lowest BCUT2D eigenvalue weighted by molar-refractivity contribution is 0.0807. The molecule has 14 heavy (non-hydrogen) atoms. The van der Waals surface area contributed by atoms with Crippen molar-refractivity contribution in [3.05, 3.63) is 23.7 Å². The predicted molar refractivity (Wildman–Crippen MR) is 55.5 cm³/mol. The summed E-state index contributed by atoms with van der Waals surface area (Å²) in [5.41, 5.74) is -0.418. The van der Waals surface area contributed by atoms with Crippen molar-refractivity contribution < 1.29 is 9.21 Å². The number of carbonyl (C=O) groups excluding carboxylic acids is 1. The van der Waals surface area contributed by atoms with Crippen molar-refractivity contribution >= 4 is 5.78 Å². The van der Waals surface area contributed by atoms with E-state index >= 15 is 0 Å². The minimum atomic E-state index is -0.418. The Labute approximate surface area is 84.5 Å². The second-order valence-corrected chi connectivity index (χ2v) is 4.15. The predicted octanol–water partition coefficient (Wildman–Crippen LogP) is 2.02. The third-order valence-electron chi connectivity index (χ3n) is 2.20. The number of ketones is 1. The van der Waals surface area contributed by atoms with Crippen LogP contribution in [0, 0.1) is 12.3 Å². The van der Waals surface area contributed by atoms with Crippen LogP contribution in [0.5, 0.6) is 0 Å². The summed E-state index contributed by atoms with van der Waals surface area (Å²) in [5, 5.41) is 3.00. The smallest absolute Gasteiger partial charge is 0.204 e. The van der Waals surface area contributed by atoms with Gasteiger partial charge in [0.25, 0.3) is 0 Å². The van der Waals surface area contributed by atoms with Crippen LogP contribution in [0.2, 0.25) is 0 Å². The van der Waals surface area contributed by atoms with Gasteiger partial charge in [-0.25, -0.2) is 0 Å². The van der Waals surface area contributed by atoms with Crippen LogP contribution in [0.15, 0.2) is 16.5 Å². The highest BCUT2D eigenvalue weighted by atomic mass is 16.3. The molecule has 78 valence electrons. The van der Waals surface area contributed by atoms with Crippen molar-refractivity contribution in [2.24, 2.45) is 5.41 Å². The van der Waals surface area contributed by atoms with Gasteiger partial charge in [0.05, 0.1) is 0 Å². The normalized spacial score (nSPS) is 11.7. The van der Waals surface area contributed by atoms with Crippen molar-refractivity contribution in [1.82, 2.24) is 5.32 Å². The fourth-order valence-electron chi connectivity index (χ4n) is 1.41. The first kappa shape index (κ1) is 11.0.